The van der Waals surface area contributed by atoms with Gasteiger partial charge >= 0.3 is 0 Å². The molecular formula is C27H25BrN2O2S. The van der Waals surface area contributed by atoms with E-state index in [9.17, 15) is 4.79 Å². The molecule has 0 aromatic heterocycles. The minimum atomic E-state index is -0.0444. The van der Waals surface area contributed by atoms with E-state index in [1.165, 1.54) is 11.8 Å². The highest BCUT2D eigenvalue weighted by molar-refractivity contribution is 9.10. The molecule has 4 nitrogen and oxygen atoms in total. The fourth-order valence-corrected chi connectivity index (χ4v) is 4.74. The summed E-state index contributed by atoms with van der Waals surface area (Å²) in [4.78, 5) is 20.7. The molecule has 1 saturated heterocycles. The summed E-state index contributed by atoms with van der Waals surface area (Å²) in [6, 6.07) is 25.9. The zero-order valence-corrected chi connectivity index (χ0v) is 20.8. The van der Waals surface area contributed by atoms with Crippen LogP contribution in [0.2, 0.25) is 0 Å². The molecule has 168 valence electrons. The molecule has 0 radical (unpaired) electrons. The van der Waals surface area contributed by atoms with Gasteiger partial charge in [0.25, 0.3) is 5.91 Å². The van der Waals surface area contributed by atoms with E-state index >= 15 is 0 Å². The van der Waals surface area contributed by atoms with E-state index in [0.29, 0.717) is 29.8 Å². The second-order valence-corrected chi connectivity index (χ2v) is 9.53. The predicted molar refractivity (Wildman–Crippen MR) is 140 cm³/mol. The maximum atomic E-state index is 13.4. The Morgan fingerprint density at radius 2 is 1.70 bits per heavy atom. The van der Waals surface area contributed by atoms with Gasteiger partial charge in [0, 0.05) is 10.0 Å². The van der Waals surface area contributed by atoms with E-state index < -0.39 is 0 Å². The lowest BCUT2D eigenvalue weighted by atomic mass is 10.1. The third kappa shape index (κ3) is 6.15. The smallest absolute Gasteiger partial charge is 0.267 e. The lowest BCUT2D eigenvalue weighted by Crippen LogP contribution is -2.28. The number of nitrogens with zero attached hydrogens (tertiary/aromatic N) is 2. The first-order valence-corrected chi connectivity index (χ1v) is 12.5. The van der Waals surface area contributed by atoms with Crippen LogP contribution < -0.4 is 4.74 Å². The van der Waals surface area contributed by atoms with E-state index in [2.05, 4.69) is 22.9 Å². The molecule has 3 aromatic rings. The molecule has 0 bridgehead atoms. The molecular weight excluding hydrogens is 496 g/mol. The number of amidine groups is 1. The van der Waals surface area contributed by atoms with Gasteiger partial charge in [-0.15, -0.1) is 0 Å². The van der Waals surface area contributed by atoms with Crippen molar-refractivity contribution in [1.29, 1.82) is 0 Å². The molecule has 4 rings (SSSR count). The summed E-state index contributed by atoms with van der Waals surface area (Å²) in [6.07, 6.45) is 2.83. The van der Waals surface area contributed by atoms with Gasteiger partial charge < -0.3 is 4.74 Å². The number of hydrogen-bond acceptors (Lipinski definition) is 4. The summed E-state index contributed by atoms with van der Waals surface area (Å²) in [5.41, 5.74) is 3.05. The molecule has 0 unspecified atom stereocenters. The Balaban J connectivity index is 1.66. The van der Waals surface area contributed by atoms with Gasteiger partial charge in [-0.3, -0.25) is 14.7 Å². The lowest BCUT2D eigenvalue weighted by Gasteiger charge is -2.15. The molecule has 0 saturated carbocycles. The Hall–Kier alpha value is -2.83. The van der Waals surface area contributed by atoms with Crippen LogP contribution in [0.15, 0.2) is 93.2 Å². The molecule has 33 heavy (non-hydrogen) atoms. The molecule has 0 spiro atoms. The third-order valence-corrected chi connectivity index (χ3v) is 6.57. The van der Waals surface area contributed by atoms with E-state index in [-0.39, 0.29) is 5.91 Å². The molecule has 0 atom stereocenters. The first-order chi connectivity index (χ1) is 16.1. The molecule has 1 fully saturated rings. The van der Waals surface area contributed by atoms with Crippen LogP contribution in [-0.2, 0) is 17.9 Å². The van der Waals surface area contributed by atoms with Crippen molar-refractivity contribution in [2.75, 3.05) is 6.61 Å². The molecule has 1 heterocycles. The van der Waals surface area contributed by atoms with E-state index in [0.717, 1.165) is 33.3 Å². The summed E-state index contributed by atoms with van der Waals surface area (Å²) < 4.78 is 6.85. The largest absolute Gasteiger partial charge is 0.493 e. The SMILES string of the molecule is CCCOc1ccc(Br)cc1/C=C1/SC(=NCc2ccccc2)N(Cc2ccccc2)C1=O. The molecule has 1 amide bonds. The Morgan fingerprint density at radius 3 is 2.39 bits per heavy atom. The number of amides is 1. The number of benzene rings is 3. The van der Waals surface area contributed by atoms with Crippen LogP contribution in [0, 0.1) is 0 Å². The highest BCUT2D eigenvalue weighted by Gasteiger charge is 2.33. The van der Waals surface area contributed by atoms with Gasteiger partial charge in [-0.25, -0.2) is 0 Å². The van der Waals surface area contributed by atoms with Crippen LogP contribution in [0.25, 0.3) is 6.08 Å². The highest BCUT2D eigenvalue weighted by Crippen LogP contribution is 2.36. The van der Waals surface area contributed by atoms with Gasteiger partial charge in [0.2, 0.25) is 0 Å². The molecule has 0 aliphatic carbocycles. The number of carbonyl (C=O) groups is 1. The average molecular weight is 521 g/mol. The van der Waals surface area contributed by atoms with Crippen molar-refractivity contribution in [3.63, 3.8) is 0 Å². The summed E-state index contributed by atoms with van der Waals surface area (Å²) in [5, 5.41) is 0.713. The van der Waals surface area contributed by atoms with Crippen LogP contribution in [-0.4, -0.2) is 22.6 Å². The average Bonchev–Trinajstić information content (AvgIpc) is 3.13. The van der Waals surface area contributed by atoms with Gasteiger partial charge in [0.05, 0.1) is 24.6 Å². The van der Waals surface area contributed by atoms with Crippen molar-refractivity contribution in [3.8, 4) is 5.75 Å². The highest BCUT2D eigenvalue weighted by atomic mass is 79.9. The van der Waals surface area contributed by atoms with Crippen LogP contribution >= 0.6 is 27.7 Å². The fraction of sp³-hybridized carbons (Fsp3) is 0.185. The van der Waals surface area contributed by atoms with E-state index in [1.54, 1.807) is 4.90 Å². The van der Waals surface area contributed by atoms with Gasteiger partial charge in [-0.1, -0.05) is 83.5 Å². The number of ether oxygens (including phenoxy) is 1. The first-order valence-electron chi connectivity index (χ1n) is 10.9. The van der Waals surface area contributed by atoms with Crippen LogP contribution in [0.5, 0.6) is 5.75 Å². The van der Waals surface area contributed by atoms with Crippen molar-refractivity contribution in [2.24, 2.45) is 4.99 Å². The van der Waals surface area contributed by atoms with Gasteiger partial charge in [0.1, 0.15) is 5.75 Å². The van der Waals surface area contributed by atoms with Crippen LogP contribution in [0.3, 0.4) is 0 Å². The third-order valence-electron chi connectivity index (χ3n) is 5.03. The first kappa shape index (κ1) is 23.3. The van der Waals surface area contributed by atoms with Crippen LogP contribution in [0.4, 0.5) is 0 Å². The van der Waals surface area contributed by atoms with Crippen molar-refractivity contribution in [3.05, 3.63) is 105 Å². The number of carbonyl (C=O) groups excluding carboxylic acids is 1. The van der Waals surface area contributed by atoms with Crippen molar-refractivity contribution < 1.29 is 9.53 Å². The number of halogens is 1. The summed E-state index contributed by atoms with van der Waals surface area (Å²) >= 11 is 4.95. The lowest BCUT2D eigenvalue weighted by molar-refractivity contribution is -0.122. The Labute approximate surface area is 207 Å². The number of aliphatic imine (C=N–C) groups is 1. The Kier molecular flexibility index (Phi) is 8.02. The maximum Gasteiger partial charge on any atom is 0.267 e. The molecule has 3 aromatic carbocycles. The summed E-state index contributed by atoms with van der Waals surface area (Å²) in [6.45, 7) is 3.71. The normalized spacial score (nSPS) is 16.1. The Bertz CT molecular complexity index is 1160. The van der Waals surface area contributed by atoms with Gasteiger partial charge in [-0.2, -0.15) is 0 Å². The fourth-order valence-electron chi connectivity index (χ4n) is 3.39. The predicted octanol–water partition coefficient (Wildman–Crippen LogP) is 6.91. The van der Waals surface area contributed by atoms with Crippen molar-refractivity contribution >= 4 is 44.8 Å². The zero-order chi connectivity index (χ0) is 23.0. The molecule has 0 N–H and O–H groups in total. The van der Waals surface area contributed by atoms with E-state index in [4.69, 9.17) is 9.73 Å². The van der Waals surface area contributed by atoms with Gasteiger partial charge in [-0.05, 0) is 53.6 Å². The number of thioether (sulfide) groups is 1. The number of hydrogen-bond donors (Lipinski definition) is 0. The van der Waals surface area contributed by atoms with Crippen molar-refractivity contribution in [1.82, 2.24) is 4.90 Å². The van der Waals surface area contributed by atoms with Gasteiger partial charge in [0.15, 0.2) is 5.17 Å². The second-order valence-electron chi connectivity index (χ2n) is 7.60. The minimum absolute atomic E-state index is 0.0444. The minimum Gasteiger partial charge on any atom is -0.493 e. The monoisotopic (exact) mass is 520 g/mol. The zero-order valence-electron chi connectivity index (χ0n) is 18.4. The van der Waals surface area contributed by atoms with E-state index in [1.807, 2.05) is 84.9 Å². The van der Waals surface area contributed by atoms with Crippen molar-refractivity contribution in [2.45, 2.75) is 26.4 Å². The second kappa shape index (κ2) is 11.3. The standard InChI is InChI=1S/C27H25BrN2O2S/c1-2-15-32-24-14-13-23(28)16-22(24)17-25-26(31)30(19-21-11-7-4-8-12-21)27(33-25)29-18-20-9-5-3-6-10-20/h3-14,16-17H,2,15,18-19H2,1H3/b25-17+,29-27?. The molecule has 1 aliphatic rings. The topological polar surface area (TPSA) is 41.9 Å². The summed E-state index contributed by atoms with van der Waals surface area (Å²) in [5.74, 6) is 0.724. The summed E-state index contributed by atoms with van der Waals surface area (Å²) in [7, 11) is 0. The van der Waals surface area contributed by atoms with Crippen LogP contribution in [0.1, 0.15) is 30.0 Å². The molecule has 6 heteroatoms. The molecule has 1 aliphatic heterocycles. The number of rotatable bonds is 8. The quantitative estimate of drug-likeness (QED) is 0.303. The Morgan fingerprint density at radius 1 is 1.00 bits per heavy atom. The maximum absolute atomic E-state index is 13.4.